The molecule has 1 heterocycles. The smallest absolute Gasteiger partial charge is 0.417 e. The van der Waals surface area contributed by atoms with E-state index < -0.39 is 48.1 Å². The Hall–Kier alpha value is -3.84. The van der Waals surface area contributed by atoms with Crippen LogP contribution in [0.4, 0.5) is 30.7 Å². The van der Waals surface area contributed by atoms with Gasteiger partial charge in [-0.3, -0.25) is 14.5 Å². The highest BCUT2D eigenvalue weighted by Gasteiger charge is 2.39. The number of ether oxygens (including phenoxy) is 1. The number of halogens is 8. The van der Waals surface area contributed by atoms with Crippen LogP contribution in [0.25, 0.3) is 0 Å². The van der Waals surface area contributed by atoms with Crippen molar-refractivity contribution in [2.24, 2.45) is 0 Å². The second kappa shape index (κ2) is 13.7. The second-order valence-corrected chi connectivity index (χ2v) is 11.2. The highest BCUT2D eigenvalue weighted by atomic mass is 35.5. The van der Waals surface area contributed by atoms with Gasteiger partial charge in [0.25, 0.3) is 11.8 Å². The van der Waals surface area contributed by atoms with Crippen LogP contribution in [0, 0.1) is 5.82 Å². The molecule has 0 unspecified atom stereocenters. The molecule has 1 fully saturated rings. The lowest BCUT2D eigenvalue weighted by molar-refractivity contribution is -0.141. The lowest BCUT2D eigenvalue weighted by Gasteiger charge is -2.44. The largest absolute Gasteiger partial charge is 0.483 e. The standard InChI is InChI=1S/C31H29ClF7N3O3/c1-18-15-42(19(2)14-41(18)16-20-3-7-24(33)8-4-20)28(43)17-45-27-10-6-23(32)11-21(27)13-40-29(44)25-12-22(30(34,35)36)5-9-26(25)31(37,38)39/h3-12,18-19H,13-17H2,1-2H3,(H,40,44)/t18-,19+/m0/s1. The molecule has 1 aliphatic rings. The van der Waals surface area contributed by atoms with Crippen LogP contribution in [-0.4, -0.2) is 53.4 Å². The van der Waals surface area contributed by atoms with Crippen LogP contribution in [0.1, 0.15) is 46.5 Å². The van der Waals surface area contributed by atoms with Gasteiger partial charge in [-0.1, -0.05) is 23.7 Å². The van der Waals surface area contributed by atoms with Crippen LogP contribution in [-0.2, 0) is 30.2 Å². The number of carbonyl (C=O) groups excluding carboxylic acids is 2. The van der Waals surface area contributed by atoms with Gasteiger partial charge >= 0.3 is 12.4 Å². The number of rotatable bonds is 8. The number of hydrogen-bond donors (Lipinski definition) is 1. The minimum Gasteiger partial charge on any atom is -0.483 e. The van der Waals surface area contributed by atoms with Crippen LogP contribution < -0.4 is 10.1 Å². The van der Waals surface area contributed by atoms with Crippen molar-refractivity contribution in [2.75, 3.05) is 19.7 Å². The molecule has 2 atom stereocenters. The molecule has 0 aromatic heterocycles. The van der Waals surface area contributed by atoms with Crippen LogP contribution in [0.15, 0.2) is 60.7 Å². The molecule has 6 nitrogen and oxygen atoms in total. The maximum absolute atomic E-state index is 13.5. The highest BCUT2D eigenvalue weighted by molar-refractivity contribution is 6.30. The molecule has 0 saturated carbocycles. The van der Waals surface area contributed by atoms with Crippen molar-refractivity contribution < 1.29 is 45.1 Å². The maximum Gasteiger partial charge on any atom is 0.417 e. The zero-order valence-electron chi connectivity index (χ0n) is 24.1. The Bertz CT molecular complexity index is 1530. The SMILES string of the molecule is C[C@@H]1CN(Cc2ccc(F)cc2)[C@@H](C)CN1C(=O)COc1ccc(Cl)cc1CNC(=O)c1cc(C(F)(F)F)ccc1C(F)(F)F. The summed E-state index contributed by atoms with van der Waals surface area (Å²) in [4.78, 5) is 29.7. The molecule has 0 aliphatic carbocycles. The van der Waals surface area contributed by atoms with Gasteiger partial charge in [-0.2, -0.15) is 26.3 Å². The topological polar surface area (TPSA) is 61.9 Å². The van der Waals surface area contributed by atoms with Gasteiger partial charge in [0.1, 0.15) is 11.6 Å². The fraction of sp³-hybridized carbons (Fsp3) is 0.355. The van der Waals surface area contributed by atoms with Crippen molar-refractivity contribution in [3.63, 3.8) is 0 Å². The summed E-state index contributed by atoms with van der Waals surface area (Å²) in [5.41, 5.74) is -3.01. The predicted octanol–water partition coefficient (Wildman–Crippen LogP) is 6.95. The van der Waals surface area contributed by atoms with Crippen molar-refractivity contribution in [2.45, 2.75) is 51.4 Å². The minimum atomic E-state index is -5.08. The van der Waals surface area contributed by atoms with Crippen molar-refractivity contribution in [3.8, 4) is 5.75 Å². The zero-order valence-corrected chi connectivity index (χ0v) is 24.9. The Morgan fingerprint density at radius 1 is 0.911 bits per heavy atom. The Morgan fingerprint density at radius 3 is 2.24 bits per heavy atom. The first-order valence-electron chi connectivity index (χ1n) is 13.8. The van der Waals surface area contributed by atoms with Crippen LogP contribution >= 0.6 is 11.6 Å². The van der Waals surface area contributed by atoms with E-state index in [-0.39, 0.29) is 58.3 Å². The molecular weight excluding hydrogens is 631 g/mol. The molecule has 4 rings (SSSR count). The Kier molecular flexibility index (Phi) is 10.3. The van der Waals surface area contributed by atoms with E-state index in [1.165, 1.54) is 30.3 Å². The lowest BCUT2D eigenvalue weighted by Crippen LogP contribution is -2.58. The number of alkyl halides is 6. The molecule has 0 radical (unpaired) electrons. The summed E-state index contributed by atoms with van der Waals surface area (Å²) in [6.45, 7) is 4.52. The van der Waals surface area contributed by atoms with E-state index in [1.54, 1.807) is 17.0 Å². The average Bonchev–Trinajstić information content (AvgIpc) is 2.96. The fourth-order valence-electron chi connectivity index (χ4n) is 5.07. The molecule has 3 aromatic carbocycles. The quantitative estimate of drug-likeness (QED) is 0.266. The normalized spacial score (nSPS) is 17.7. The first-order valence-corrected chi connectivity index (χ1v) is 14.2. The van der Waals surface area contributed by atoms with Gasteiger partial charge in [0.15, 0.2) is 6.61 Å². The summed E-state index contributed by atoms with van der Waals surface area (Å²) in [7, 11) is 0. The van der Waals surface area contributed by atoms with E-state index in [0.717, 1.165) is 5.56 Å². The van der Waals surface area contributed by atoms with E-state index in [9.17, 15) is 40.3 Å². The molecule has 0 bridgehead atoms. The molecular formula is C31H29ClF7N3O3. The van der Waals surface area contributed by atoms with Gasteiger partial charge in [-0.25, -0.2) is 4.39 Å². The average molecular weight is 660 g/mol. The summed E-state index contributed by atoms with van der Waals surface area (Å²) in [6, 6.07) is 10.8. The number of amides is 2. The van der Waals surface area contributed by atoms with Crippen LogP contribution in [0.3, 0.4) is 0 Å². The van der Waals surface area contributed by atoms with Gasteiger partial charge in [-0.15, -0.1) is 0 Å². The summed E-state index contributed by atoms with van der Waals surface area (Å²) in [5.74, 6) is -1.95. The van der Waals surface area contributed by atoms with Gasteiger partial charge in [-0.05, 0) is 67.9 Å². The molecule has 1 N–H and O–H groups in total. The Morgan fingerprint density at radius 2 is 1.60 bits per heavy atom. The van der Waals surface area contributed by atoms with E-state index in [1.807, 2.05) is 13.8 Å². The van der Waals surface area contributed by atoms with Crippen LogP contribution in [0.2, 0.25) is 5.02 Å². The van der Waals surface area contributed by atoms with Gasteiger partial charge in [0.2, 0.25) is 0 Å². The molecule has 1 saturated heterocycles. The Balaban J connectivity index is 1.41. The zero-order chi connectivity index (χ0) is 33.1. The van der Waals surface area contributed by atoms with Gasteiger partial charge < -0.3 is 15.0 Å². The molecule has 45 heavy (non-hydrogen) atoms. The van der Waals surface area contributed by atoms with E-state index in [2.05, 4.69) is 10.2 Å². The summed E-state index contributed by atoms with van der Waals surface area (Å²) >= 11 is 6.06. The van der Waals surface area contributed by atoms with E-state index >= 15 is 0 Å². The third-order valence-corrected chi connectivity index (χ3v) is 7.68. The lowest BCUT2D eigenvalue weighted by atomic mass is 10.0. The molecule has 14 heteroatoms. The molecule has 2 amide bonds. The molecule has 242 valence electrons. The fourth-order valence-corrected chi connectivity index (χ4v) is 5.26. The van der Waals surface area contributed by atoms with Gasteiger partial charge in [0, 0.05) is 48.8 Å². The number of nitrogens with one attached hydrogen (secondary N) is 1. The Labute approximate surface area is 259 Å². The minimum absolute atomic E-state index is 0.0195. The number of benzene rings is 3. The number of carbonyl (C=O) groups is 2. The number of hydrogen-bond acceptors (Lipinski definition) is 4. The van der Waals surface area contributed by atoms with Crippen molar-refractivity contribution in [3.05, 3.63) is 99.3 Å². The first kappa shape index (κ1) is 34.0. The molecule has 1 aliphatic heterocycles. The van der Waals surface area contributed by atoms with Crippen LogP contribution in [0.5, 0.6) is 5.75 Å². The summed E-state index contributed by atoms with van der Waals surface area (Å²) < 4.78 is 98.9. The second-order valence-electron chi connectivity index (χ2n) is 10.8. The van der Waals surface area contributed by atoms with Crippen molar-refractivity contribution in [1.29, 1.82) is 0 Å². The predicted molar refractivity (Wildman–Crippen MR) is 152 cm³/mol. The van der Waals surface area contributed by atoms with E-state index in [4.69, 9.17) is 16.3 Å². The third kappa shape index (κ3) is 8.66. The number of piperazine rings is 1. The van der Waals surface area contributed by atoms with Crippen molar-refractivity contribution >= 4 is 23.4 Å². The summed E-state index contributed by atoms with van der Waals surface area (Å²) in [5, 5.41) is 2.39. The summed E-state index contributed by atoms with van der Waals surface area (Å²) in [6.07, 6.45) is -10.0. The monoisotopic (exact) mass is 659 g/mol. The molecule has 3 aromatic rings. The van der Waals surface area contributed by atoms with Gasteiger partial charge in [0.05, 0.1) is 16.7 Å². The third-order valence-electron chi connectivity index (χ3n) is 7.44. The molecule has 0 spiro atoms. The van der Waals surface area contributed by atoms with E-state index in [0.29, 0.717) is 19.6 Å². The van der Waals surface area contributed by atoms with Crippen molar-refractivity contribution in [1.82, 2.24) is 15.1 Å². The number of nitrogens with zero attached hydrogens (tertiary/aromatic N) is 2. The maximum atomic E-state index is 13.5. The highest BCUT2D eigenvalue weighted by Crippen LogP contribution is 2.36. The first-order chi connectivity index (χ1) is 21.0.